The molecule has 0 fully saturated rings. The normalized spacial score (nSPS) is 12.7. The van der Waals surface area contributed by atoms with Crippen LogP contribution in [0, 0.1) is 0 Å². The van der Waals surface area contributed by atoms with Crippen LogP contribution < -0.4 is 11.1 Å². The van der Waals surface area contributed by atoms with E-state index in [1.807, 2.05) is 30.3 Å². The molecular weight excluding hydrogens is 250 g/mol. The summed E-state index contributed by atoms with van der Waals surface area (Å²) in [5.41, 5.74) is 6.48. The number of guanidine groups is 1. The van der Waals surface area contributed by atoms with Gasteiger partial charge in [-0.15, -0.1) is 0 Å². The number of hydrogen-bond acceptors (Lipinski definition) is 3. The van der Waals surface area contributed by atoms with Gasteiger partial charge in [0.25, 0.3) is 0 Å². The van der Waals surface area contributed by atoms with E-state index in [0.717, 1.165) is 5.69 Å². The van der Waals surface area contributed by atoms with Gasteiger partial charge in [0.2, 0.25) is 0 Å². The lowest BCUT2D eigenvalue weighted by Crippen LogP contribution is -2.25. The van der Waals surface area contributed by atoms with E-state index in [2.05, 4.69) is 10.3 Å². The minimum Gasteiger partial charge on any atom is -0.370 e. The average Bonchev–Trinajstić information content (AvgIpc) is 2.29. The number of nitrogens with one attached hydrogen (secondary N) is 1. The first-order valence-corrected chi connectivity index (χ1v) is 7.47. The van der Waals surface area contributed by atoms with E-state index >= 15 is 0 Å². The fraction of sp³-hybridized carbons (Fsp3) is 0.417. The van der Waals surface area contributed by atoms with Crippen LogP contribution in [0.4, 0.5) is 5.69 Å². The van der Waals surface area contributed by atoms with Gasteiger partial charge < -0.3 is 11.1 Å². The molecule has 1 rings (SSSR count). The number of sulfone groups is 1. The molecule has 0 aliphatic heterocycles. The summed E-state index contributed by atoms with van der Waals surface area (Å²) in [5.74, 6) is 0.238. The summed E-state index contributed by atoms with van der Waals surface area (Å²) in [4.78, 5) is 3.99. The van der Waals surface area contributed by atoms with Crippen molar-refractivity contribution in [1.29, 1.82) is 0 Å². The fourth-order valence-electron chi connectivity index (χ4n) is 1.24. The molecule has 100 valence electrons. The lowest BCUT2D eigenvalue weighted by Gasteiger charge is -2.07. The summed E-state index contributed by atoms with van der Waals surface area (Å²) >= 11 is 0. The third kappa shape index (κ3) is 4.75. The van der Waals surface area contributed by atoms with Crippen molar-refractivity contribution in [2.75, 3.05) is 17.6 Å². The first kappa shape index (κ1) is 14.5. The van der Waals surface area contributed by atoms with Crippen LogP contribution in [0.3, 0.4) is 0 Å². The predicted molar refractivity (Wildman–Crippen MR) is 75.5 cm³/mol. The zero-order valence-electron chi connectivity index (χ0n) is 10.6. The van der Waals surface area contributed by atoms with E-state index in [1.54, 1.807) is 13.8 Å². The van der Waals surface area contributed by atoms with E-state index in [-0.39, 0.29) is 23.5 Å². The summed E-state index contributed by atoms with van der Waals surface area (Å²) in [6, 6.07) is 9.35. The molecule has 0 aliphatic carbocycles. The largest absolute Gasteiger partial charge is 0.370 e. The monoisotopic (exact) mass is 269 g/mol. The van der Waals surface area contributed by atoms with Crippen LogP contribution in [-0.4, -0.2) is 31.9 Å². The van der Waals surface area contributed by atoms with Crippen LogP contribution in [0.25, 0.3) is 0 Å². The third-order valence-corrected chi connectivity index (χ3v) is 4.61. The van der Waals surface area contributed by atoms with Crippen LogP contribution in [0.5, 0.6) is 0 Å². The van der Waals surface area contributed by atoms with Crippen molar-refractivity contribution in [3.63, 3.8) is 0 Å². The third-order valence-electron chi connectivity index (χ3n) is 2.42. The molecule has 18 heavy (non-hydrogen) atoms. The van der Waals surface area contributed by atoms with Crippen molar-refractivity contribution in [3.8, 4) is 0 Å². The van der Waals surface area contributed by atoms with Crippen LogP contribution in [0.2, 0.25) is 0 Å². The summed E-state index contributed by atoms with van der Waals surface area (Å²) in [7, 11) is -3.06. The van der Waals surface area contributed by atoms with Gasteiger partial charge in [0, 0.05) is 5.69 Å². The smallest absolute Gasteiger partial charge is 0.193 e. The van der Waals surface area contributed by atoms with Crippen molar-refractivity contribution in [2.45, 2.75) is 19.1 Å². The van der Waals surface area contributed by atoms with Gasteiger partial charge >= 0.3 is 0 Å². The van der Waals surface area contributed by atoms with Crippen LogP contribution in [-0.2, 0) is 9.84 Å². The molecule has 1 aromatic carbocycles. The molecule has 0 heterocycles. The van der Waals surface area contributed by atoms with Gasteiger partial charge in [0.1, 0.15) is 0 Å². The molecule has 0 unspecified atom stereocenters. The highest BCUT2D eigenvalue weighted by Crippen LogP contribution is 2.04. The first-order valence-electron chi connectivity index (χ1n) is 5.75. The van der Waals surface area contributed by atoms with E-state index in [4.69, 9.17) is 5.73 Å². The number of hydrogen-bond donors (Lipinski definition) is 2. The van der Waals surface area contributed by atoms with E-state index in [1.165, 1.54) is 0 Å². The van der Waals surface area contributed by atoms with Crippen LogP contribution >= 0.6 is 0 Å². The lowest BCUT2D eigenvalue weighted by atomic mass is 10.3. The number of nitrogens with two attached hydrogens (primary N) is 1. The molecule has 0 aliphatic rings. The van der Waals surface area contributed by atoms with Gasteiger partial charge in [-0.2, -0.15) is 0 Å². The SMILES string of the molecule is CC(C)S(=O)(=O)CCN=C(N)Nc1ccccc1. The van der Waals surface area contributed by atoms with Crippen molar-refractivity contribution in [2.24, 2.45) is 10.7 Å². The topological polar surface area (TPSA) is 84.5 Å². The van der Waals surface area contributed by atoms with Crippen molar-refractivity contribution in [1.82, 2.24) is 0 Å². The zero-order chi connectivity index (χ0) is 13.6. The number of benzene rings is 1. The summed E-state index contributed by atoms with van der Waals surface area (Å²) in [6.45, 7) is 3.49. The minimum absolute atomic E-state index is 0.0157. The van der Waals surface area contributed by atoms with Crippen molar-refractivity contribution in [3.05, 3.63) is 30.3 Å². The van der Waals surface area contributed by atoms with Gasteiger partial charge in [-0.3, -0.25) is 4.99 Å². The van der Waals surface area contributed by atoms with Crippen molar-refractivity contribution >= 4 is 21.5 Å². The minimum atomic E-state index is -3.06. The van der Waals surface area contributed by atoms with Gasteiger partial charge in [-0.1, -0.05) is 18.2 Å². The maximum atomic E-state index is 11.5. The van der Waals surface area contributed by atoms with Gasteiger partial charge in [-0.25, -0.2) is 8.42 Å². The maximum absolute atomic E-state index is 11.5. The second-order valence-corrected chi connectivity index (χ2v) is 6.85. The Hall–Kier alpha value is -1.56. The van der Waals surface area contributed by atoms with Gasteiger partial charge in [0.05, 0.1) is 17.5 Å². The van der Waals surface area contributed by atoms with Crippen LogP contribution in [0.1, 0.15) is 13.8 Å². The Kier molecular flexibility index (Phi) is 5.15. The predicted octanol–water partition coefficient (Wildman–Crippen LogP) is 1.24. The average molecular weight is 269 g/mol. The van der Waals surface area contributed by atoms with E-state index < -0.39 is 9.84 Å². The molecule has 0 radical (unpaired) electrons. The second kappa shape index (κ2) is 6.39. The summed E-state index contributed by atoms with van der Waals surface area (Å²) in [6.07, 6.45) is 0. The number of para-hydroxylation sites is 1. The zero-order valence-corrected chi connectivity index (χ0v) is 11.4. The Morgan fingerprint density at radius 3 is 2.50 bits per heavy atom. The number of anilines is 1. The second-order valence-electron chi connectivity index (χ2n) is 4.17. The highest BCUT2D eigenvalue weighted by molar-refractivity contribution is 7.92. The van der Waals surface area contributed by atoms with Gasteiger partial charge in [0.15, 0.2) is 15.8 Å². The van der Waals surface area contributed by atoms with E-state index in [0.29, 0.717) is 0 Å². The Balaban J connectivity index is 2.49. The Morgan fingerprint density at radius 1 is 1.33 bits per heavy atom. The molecular formula is C12H19N3O2S. The fourth-order valence-corrected chi connectivity index (χ4v) is 2.06. The number of aliphatic imine (C=N–C) groups is 1. The highest BCUT2D eigenvalue weighted by atomic mass is 32.2. The molecule has 0 amide bonds. The molecule has 0 saturated carbocycles. The Morgan fingerprint density at radius 2 is 1.94 bits per heavy atom. The standard InChI is InChI=1S/C12H19N3O2S/c1-10(2)18(16,17)9-8-14-12(13)15-11-6-4-3-5-7-11/h3-7,10H,8-9H2,1-2H3,(H3,13,14,15). The first-order chi connectivity index (χ1) is 8.42. The van der Waals surface area contributed by atoms with Crippen LogP contribution in [0.15, 0.2) is 35.3 Å². The maximum Gasteiger partial charge on any atom is 0.193 e. The molecule has 0 spiro atoms. The molecule has 0 aromatic heterocycles. The number of nitrogens with zero attached hydrogens (tertiary/aromatic N) is 1. The quantitative estimate of drug-likeness (QED) is 0.622. The summed E-state index contributed by atoms with van der Waals surface area (Å²) < 4.78 is 23.1. The van der Waals surface area contributed by atoms with E-state index in [9.17, 15) is 8.42 Å². The number of rotatable bonds is 5. The molecule has 1 aromatic rings. The lowest BCUT2D eigenvalue weighted by molar-refractivity contribution is 0.587. The molecule has 0 saturated heterocycles. The summed E-state index contributed by atoms with van der Waals surface area (Å²) in [5, 5.41) is 2.51. The molecule has 0 atom stereocenters. The highest BCUT2D eigenvalue weighted by Gasteiger charge is 2.14. The Bertz CT molecular complexity index is 495. The molecule has 5 nitrogen and oxygen atoms in total. The molecule has 0 bridgehead atoms. The van der Waals surface area contributed by atoms with Gasteiger partial charge in [-0.05, 0) is 26.0 Å². The molecule has 3 N–H and O–H groups in total. The molecule has 6 heteroatoms. The Labute approximate surface area is 108 Å². The van der Waals surface area contributed by atoms with Crippen molar-refractivity contribution < 1.29 is 8.42 Å².